The molecule has 0 atom stereocenters. The van der Waals surface area contributed by atoms with Gasteiger partial charge in [-0.2, -0.15) is 5.10 Å². The molecule has 0 saturated carbocycles. The predicted octanol–water partition coefficient (Wildman–Crippen LogP) is 3.22. The van der Waals surface area contributed by atoms with E-state index < -0.39 is 34.2 Å². The SMILES string of the molecule is COc1cc(C(=O)Oc2c(/C=N/NC(=O)c3ccccc3O)cccc2[N+](=O)[O-])ccc1OC(C)=O. The summed E-state index contributed by atoms with van der Waals surface area (Å²) in [5.74, 6) is -2.84. The van der Waals surface area contributed by atoms with Gasteiger partial charge in [-0.15, -0.1) is 0 Å². The number of amides is 1. The molecule has 0 spiro atoms. The second kappa shape index (κ2) is 11.2. The van der Waals surface area contributed by atoms with Gasteiger partial charge in [0.25, 0.3) is 5.91 Å². The van der Waals surface area contributed by atoms with E-state index in [0.717, 1.165) is 12.3 Å². The van der Waals surface area contributed by atoms with Crippen molar-refractivity contribution in [2.75, 3.05) is 7.11 Å². The van der Waals surface area contributed by atoms with Gasteiger partial charge < -0.3 is 19.3 Å². The van der Waals surface area contributed by atoms with E-state index in [1.807, 2.05) is 0 Å². The zero-order valence-electron chi connectivity index (χ0n) is 19.0. The van der Waals surface area contributed by atoms with Gasteiger partial charge in [-0.3, -0.25) is 19.7 Å². The lowest BCUT2D eigenvalue weighted by Crippen LogP contribution is -2.18. The van der Waals surface area contributed by atoms with E-state index in [4.69, 9.17) is 14.2 Å². The summed E-state index contributed by atoms with van der Waals surface area (Å²) in [5.41, 5.74) is 1.60. The van der Waals surface area contributed by atoms with Crippen LogP contribution >= 0.6 is 0 Å². The van der Waals surface area contributed by atoms with E-state index in [1.54, 1.807) is 12.1 Å². The van der Waals surface area contributed by atoms with Crippen LogP contribution in [0, 0.1) is 10.1 Å². The molecule has 0 bridgehead atoms. The molecule has 3 aromatic carbocycles. The maximum absolute atomic E-state index is 12.8. The van der Waals surface area contributed by atoms with Gasteiger partial charge in [0.05, 0.1) is 29.4 Å². The first-order chi connectivity index (χ1) is 17.2. The molecule has 0 fully saturated rings. The fourth-order valence-corrected chi connectivity index (χ4v) is 2.97. The highest BCUT2D eigenvalue weighted by Crippen LogP contribution is 2.32. The summed E-state index contributed by atoms with van der Waals surface area (Å²) in [6.07, 6.45) is 1.05. The fourth-order valence-electron chi connectivity index (χ4n) is 2.97. The van der Waals surface area contributed by atoms with Crippen molar-refractivity contribution in [3.8, 4) is 23.0 Å². The van der Waals surface area contributed by atoms with Crippen LogP contribution in [0.1, 0.15) is 33.2 Å². The van der Waals surface area contributed by atoms with Crippen molar-refractivity contribution >= 4 is 29.7 Å². The minimum Gasteiger partial charge on any atom is -0.507 e. The van der Waals surface area contributed by atoms with Crippen molar-refractivity contribution in [2.24, 2.45) is 5.10 Å². The highest BCUT2D eigenvalue weighted by molar-refractivity contribution is 5.98. The number of nitrogens with one attached hydrogen (secondary N) is 1. The van der Waals surface area contributed by atoms with E-state index in [1.165, 1.54) is 56.5 Å². The Kier molecular flexibility index (Phi) is 7.92. The second-order valence-electron chi connectivity index (χ2n) is 7.02. The van der Waals surface area contributed by atoms with Gasteiger partial charge in [0.1, 0.15) is 5.75 Å². The van der Waals surface area contributed by atoms with Gasteiger partial charge in [-0.1, -0.05) is 18.2 Å². The van der Waals surface area contributed by atoms with Gasteiger partial charge in [0.15, 0.2) is 11.5 Å². The Hall–Kier alpha value is -5.26. The number of phenolic OH excluding ortho intramolecular Hbond substituents is 1. The van der Waals surface area contributed by atoms with Gasteiger partial charge in [0.2, 0.25) is 5.75 Å². The van der Waals surface area contributed by atoms with Crippen LogP contribution in [0.5, 0.6) is 23.0 Å². The number of rotatable bonds is 8. The number of benzene rings is 3. The summed E-state index contributed by atoms with van der Waals surface area (Å²) < 4.78 is 15.4. The number of nitro groups is 1. The molecule has 2 N–H and O–H groups in total. The van der Waals surface area contributed by atoms with E-state index in [2.05, 4.69) is 10.5 Å². The van der Waals surface area contributed by atoms with Gasteiger partial charge in [-0.05, 0) is 36.4 Å². The third-order valence-electron chi connectivity index (χ3n) is 4.59. The first-order valence-corrected chi connectivity index (χ1v) is 10.2. The van der Waals surface area contributed by atoms with Crippen LogP contribution in [-0.2, 0) is 4.79 Å². The number of hydrazone groups is 1. The molecule has 3 rings (SSSR count). The predicted molar refractivity (Wildman–Crippen MR) is 126 cm³/mol. The average molecular weight is 493 g/mol. The first kappa shape index (κ1) is 25.4. The molecular formula is C24H19N3O9. The van der Waals surface area contributed by atoms with Crippen LogP contribution in [0.2, 0.25) is 0 Å². The largest absolute Gasteiger partial charge is 0.507 e. The standard InChI is InChI=1S/C24H19N3O9/c1-14(28)35-20-11-10-15(12-21(20)34-2)24(31)36-22-16(6-5-8-18(22)27(32)33)13-25-26-23(30)17-7-3-4-9-19(17)29/h3-13,29H,1-2H3,(H,26,30)/b25-13+. The molecule has 0 radical (unpaired) electrons. The smallest absolute Gasteiger partial charge is 0.343 e. The molecule has 0 aliphatic carbocycles. The first-order valence-electron chi connectivity index (χ1n) is 10.2. The molecule has 36 heavy (non-hydrogen) atoms. The number of ether oxygens (including phenoxy) is 3. The van der Waals surface area contributed by atoms with E-state index in [-0.39, 0.29) is 33.9 Å². The molecule has 12 nitrogen and oxygen atoms in total. The Bertz CT molecular complexity index is 1370. The average Bonchev–Trinajstić information content (AvgIpc) is 2.84. The normalized spacial score (nSPS) is 10.5. The van der Waals surface area contributed by atoms with Crippen LogP contribution in [0.15, 0.2) is 65.8 Å². The molecular weight excluding hydrogens is 474 g/mol. The van der Waals surface area contributed by atoms with Crippen molar-refractivity contribution < 1.29 is 38.6 Å². The zero-order valence-corrected chi connectivity index (χ0v) is 19.0. The van der Waals surface area contributed by atoms with E-state index >= 15 is 0 Å². The summed E-state index contributed by atoms with van der Waals surface area (Å²) >= 11 is 0. The van der Waals surface area contributed by atoms with Gasteiger partial charge in [0, 0.05) is 18.6 Å². The molecule has 1 amide bonds. The Morgan fingerprint density at radius 2 is 1.78 bits per heavy atom. The molecule has 0 aliphatic heterocycles. The molecule has 184 valence electrons. The molecule has 0 heterocycles. The lowest BCUT2D eigenvalue weighted by atomic mass is 10.1. The number of nitrogens with zero attached hydrogens (tertiary/aromatic N) is 2. The number of carbonyl (C=O) groups excluding carboxylic acids is 3. The highest BCUT2D eigenvalue weighted by atomic mass is 16.6. The summed E-state index contributed by atoms with van der Waals surface area (Å²) in [7, 11) is 1.30. The number of aromatic hydroxyl groups is 1. The molecule has 0 unspecified atom stereocenters. The maximum atomic E-state index is 12.8. The fraction of sp³-hybridized carbons (Fsp3) is 0.0833. The Labute approximate surface area is 203 Å². The monoisotopic (exact) mass is 493 g/mol. The van der Waals surface area contributed by atoms with E-state index in [0.29, 0.717) is 0 Å². The van der Waals surface area contributed by atoms with Crippen LogP contribution in [-0.4, -0.2) is 41.2 Å². The molecule has 12 heteroatoms. The van der Waals surface area contributed by atoms with Crippen LogP contribution in [0.4, 0.5) is 5.69 Å². The number of para-hydroxylation sites is 2. The third kappa shape index (κ3) is 5.99. The maximum Gasteiger partial charge on any atom is 0.343 e. The molecule has 3 aromatic rings. The van der Waals surface area contributed by atoms with Gasteiger partial charge in [-0.25, -0.2) is 10.2 Å². The van der Waals surface area contributed by atoms with Crippen LogP contribution < -0.4 is 19.6 Å². The molecule has 0 aromatic heterocycles. The number of hydrogen-bond acceptors (Lipinski definition) is 10. The van der Waals surface area contributed by atoms with Crippen LogP contribution in [0.3, 0.4) is 0 Å². The van der Waals surface area contributed by atoms with Crippen molar-refractivity contribution in [1.29, 1.82) is 0 Å². The van der Waals surface area contributed by atoms with Crippen molar-refractivity contribution in [2.45, 2.75) is 6.92 Å². The number of esters is 2. The number of carbonyl (C=O) groups is 3. The third-order valence-corrected chi connectivity index (χ3v) is 4.59. The number of nitro benzene ring substituents is 1. The minimum absolute atomic E-state index is 0.0126. The van der Waals surface area contributed by atoms with Crippen molar-refractivity contribution in [3.63, 3.8) is 0 Å². The lowest BCUT2D eigenvalue weighted by Gasteiger charge is -2.11. The highest BCUT2D eigenvalue weighted by Gasteiger charge is 2.23. The summed E-state index contributed by atoms with van der Waals surface area (Å²) in [6.45, 7) is 1.20. The second-order valence-corrected chi connectivity index (χ2v) is 7.02. The summed E-state index contributed by atoms with van der Waals surface area (Å²) in [6, 6.07) is 13.5. The Morgan fingerprint density at radius 3 is 2.44 bits per heavy atom. The summed E-state index contributed by atoms with van der Waals surface area (Å²) in [5, 5.41) is 25.1. The van der Waals surface area contributed by atoms with Gasteiger partial charge >= 0.3 is 17.6 Å². The van der Waals surface area contributed by atoms with Crippen LogP contribution in [0.25, 0.3) is 0 Å². The van der Waals surface area contributed by atoms with Crippen molar-refractivity contribution in [3.05, 3.63) is 87.5 Å². The number of phenols is 1. The number of methoxy groups -OCH3 is 1. The molecule has 0 saturated heterocycles. The molecule has 0 aliphatic rings. The lowest BCUT2D eigenvalue weighted by molar-refractivity contribution is -0.385. The summed E-state index contributed by atoms with van der Waals surface area (Å²) in [4.78, 5) is 47.0. The Balaban J connectivity index is 1.87. The van der Waals surface area contributed by atoms with Crippen molar-refractivity contribution in [1.82, 2.24) is 5.43 Å². The minimum atomic E-state index is -0.968. The number of hydrogen-bond donors (Lipinski definition) is 2. The topological polar surface area (TPSA) is 167 Å². The Morgan fingerprint density at radius 1 is 1.03 bits per heavy atom. The zero-order chi connectivity index (χ0) is 26.2. The van der Waals surface area contributed by atoms with E-state index in [9.17, 15) is 29.6 Å². The quantitative estimate of drug-likeness (QED) is 0.157.